The highest BCUT2D eigenvalue weighted by molar-refractivity contribution is 9.11. The van der Waals surface area contributed by atoms with Gasteiger partial charge in [-0.25, -0.2) is 4.99 Å². The van der Waals surface area contributed by atoms with Gasteiger partial charge in [0.05, 0.1) is 10.0 Å². The zero-order valence-electron chi connectivity index (χ0n) is 16.1. The van der Waals surface area contributed by atoms with Gasteiger partial charge < -0.3 is 10.4 Å². The summed E-state index contributed by atoms with van der Waals surface area (Å²) in [4.78, 5) is 19.0. The van der Waals surface area contributed by atoms with E-state index in [-0.39, 0.29) is 11.7 Å². The molecule has 0 spiro atoms. The first kappa shape index (κ1) is 21.3. The number of phenolic OH excluding ortho intramolecular Hbond substituents is 1. The fraction of sp³-hybridized carbons (Fsp3) is 0.217. The van der Waals surface area contributed by atoms with Crippen molar-refractivity contribution in [3.05, 3.63) is 78.5 Å². The smallest absolute Gasteiger partial charge is 0.254 e. The summed E-state index contributed by atoms with van der Waals surface area (Å²) in [5.41, 5.74) is 3.45. The molecule has 4 nitrogen and oxygen atoms in total. The van der Waals surface area contributed by atoms with Gasteiger partial charge in [-0.15, -0.1) is 11.3 Å². The molecule has 2 aromatic carbocycles. The Balaban J connectivity index is 1.65. The molecule has 1 aliphatic rings. The standard InChI is InChI=1S/C23H20Br2N2O2S/c24-16-10-15(21(28)18(25)11-16)13-27-23-20(17-8-4-5-9-19(17)30-23)22(29)26-12-14-6-2-1-3-7-14/h1-3,6-7,10-11,13,28H,4-5,8-9,12H2,(H,26,29). The second-order valence-electron chi connectivity index (χ2n) is 7.14. The number of fused-ring (bicyclic) bond motifs is 1. The predicted octanol–water partition coefficient (Wildman–Crippen LogP) is 6.54. The number of carbonyl (C=O) groups excluding carboxylic acids is 1. The Morgan fingerprint density at radius 2 is 1.93 bits per heavy atom. The number of carbonyl (C=O) groups is 1. The number of aryl methyl sites for hydroxylation is 1. The van der Waals surface area contributed by atoms with Crippen molar-refractivity contribution in [3.8, 4) is 5.75 Å². The fourth-order valence-electron chi connectivity index (χ4n) is 3.56. The summed E-state index contributed by atoms with van der Waals surface area (Å²) >= 11 is 8.36. The molecular weight excluding hydrogens is 528 g/mol. The zero-order valence-corrected chi connectivity index (χ0v) is 20.1. The van der Waals surface area contributed by atoms with Crippen molar-refractivity contribution in [2.24, 2.45) is 4.99 Å². The average molecular weight is 548 g/mol. The summed E-state index contributed by atoms with van der Waals surface area (Å²) in [7, 11) is 0. The number of halogens is 2. The van der Waals surface area contributed by atoms with Gasteiger partial charge >= 0.3 is 0 Å². The maximum atomic E-state index is 13.1. The lowest BCUT2D eigenvalue weighted by molar-refractivity contribution is 0.0951. The maximum absolute atomic E-state index is 13.1. The second-order valence-corrected chi connectivity index (χ2v) is 10.00. The van der Waals surface area contributed by atoms with Gasteiger partial charge in [0, 0.05) is 27.7 Å². The molecule has 7 heteroatoms. The van der Waals surface area contributed by atoms with Crippen LogP contribution in [0.2, 0.25) is 0 Å². The summed E-state index contributed by atoms with van der Waals surface area (Å²) in [5, 5.41) is 14.1. The topological polar surface area (TPSA) is 61.7 Å². The van der Waals surface area contributed by atoms with Crippen LogP contribution in [0.1, 0.15) is 44.8 Å². The van der Waals surface area contributed by atoms with E-state index >= 15 is 0 Å². The Morgan fingerprint density at radius 1 is 1.17 bits per heavy atom. The molecule has 30 heavy (non-hydrogen) atoms. The van der Waals surface area contributed by atoms with Gasteiger partial charge in [0.25, 0.3) is 5.91 Å². The third-order valence-electron chi connectivity index (χ3n) is 5.05. The van der Waals surface area contributed by atoms with Crippen molar-refractivity contribution in [1.82, 2.24) is 5.32 Å². The molecule has 0 saturated heterocycles. The van der Waals surface area contributed by atoms with E-state index in [9.17, 15) is 9.90 Å². The summed E-state index contributed by atoms with van der Waals surface area (Å²) in [6, 6.07) is 13.5. The van der Waals surface area contributed by atoms with E-state index < -0.39 is 0 Å². The highest BCUT2D eigenvalue weighted by atomic mass is 79.9. The molecule has 1 aromatic heterocycles. The zero-order chi connectivity index (χ0) is 21.1. The lowest BCUT2D eigenvalue weighted by atomic mass is 9.95. The maximum Gasteiger partial charge on any atom is 0.254 e. The Morgan fingerprint density at radius 3 is 2.73 bits per heavy atom. The van der Waals surface area contributed by atoms with Gasteiger partial charge in [0.15, 0.2) is 0 Å². The molecule has 0 aliphatic heterocycles. The van der Waals surface area contributed by atoms with Crippen molar-refractivity contribution < 1.29 is 9.90 Å². The molecule has 0 radical (unpaired) electrons. The fourth-order valence-corrected chi connectivity index (χ4v) is 6.04. The molecule has 0 saturated carbocycles. The van der Waals surface area contributed by atoms with Gasteiger partial charge in [-0.2, -0.15) is 0 Å². The summed E-state index contributed by atoms with van der Waals surface area (Å²) in [5.74, 6) is 0.0309. The number of aromatic hydroxyl groups is 1. The molecule has 0 unspecified atom stereocenters. The quantitative estimate of drug-likeness (QED) is 0.356. The van der Waals surface area contributed by atoms with E-state index in [0.29, 0.717) is 27.1 Å². The molecule has 1 aliphatic carbocycles. The van der Waals surface area contributed by atoms with Gasteiger partial charge in [-0.05, 0) is 64.9 Å². The number of rotatable bonds is 5. The minimum atomic E-state index is -0.0925. The normalized spacial score (nSPS) is 13.4. The third kappa shape index (κ3) is 4.68. The molecule has 4 rings (SSSR count). The molecule has 0 atom stereocenters. The van der Waals surface area contributed by atoms with E-state index in [0.717, 1.165) is 41.3 Å². The molecule has 1 heterocycles. The minimum absolute atomic E-state index is 0.0925. The first-order valence-corrected chi connectivity index (χ1v) is 12.1. The van der Waals surface area contributed by atoms with Crippen LogP contribution < -0.4 is 5.32 Å². The molecule has 0 fully saturated rings. The van der Waals surface area contributed by atoms with Crippen LogP contribution in [0, 0.1) is 0 Å². The summed E-state index contributed by atoms with van der Waals surface area (Å²) < 4.78 is 1.42. The number of nitrogens with zero attached hydrogens (tertiary/aromatic N) is 1. The molecule has 154 valence electrons. The summed E-state index contributed by atoms with van der Waals surface area (Å²) in [6.07, 6.45) is 5.74. The number of hydrogen-bond donors (Lipinski definition) is 2. The highest BCUT2D eigenvalue weighted by Crippen LogP contribution is 2.40. The number of thiophene rings is 1. The monoisotopic (exact) mass is 546 g/mol. The summed E-state index contributed by atoms with van der Waals surface area (Å²) in [6.45, 7) is 0.479. The van der Waals surface area contributed by atoms with Gasteiger partial charge in [-0.1, -0.05) is 46.3 Å². The van der Waals surface area contributed by atoms with E-state index in [1.807, 2.05) is 30.3 Å². The minimum Gasteiger partial charge on any atom is -0.506 e. The van der Waals surface area contributed by atoms with Crippen molar-refractivity contribution in [2.45, 2.75) is 32.2 Å². The van der Waals surface area contributed by atoms with Crippen molar-refractivity contribution in [1.29, 1.82) is 0 Å². The largest absolute Gasteiger partial charge is 0.506 e. The number of phenols is 1. The van der Waals surface area contributed by atoms with E-state index in [4.69, 9.17) is 0 Å². The first-order valence-electron chi connectivity index (χ1n) is 9.71. The van der Waals surface area contributed by atoms with Gasteiger partial charge in [0.2, 0.25) is 0 Å². The van der Waals surface area contributed by atoms with E-state index in [1.165, 1.54) is 4.88 Å². The Labute approximate surface area is 196 Å². The van der Waals surface area contributed by atoms with Crippen LogP contribution in [0.15, 0.2) is 56.4 Å². The molecule has 3 aromatic rings. The van der Waals surface area contributed by atoms with Crippen LogP contribution in [0.3, 0.4) is 0 Å². The highest BCUT2D eigenvalue weighted by Gasteiger charge is 2.25. The first-order chi connectivity index (χ1) is 14.5. The molecule has 1 amide bonds. The molecular formula is C23H20Br2N2O2S. The van der Waals surface area contributed by atoms with Crippen molar-refractivity contribution in [2.75, 3.05) is 0 Å². The predicted molar refractivity (Wildman–Crippen MR) is 129 cm³/mol. The third-order valence-corrected chi connectivity index (χ3v) is 7.32. The van der Waals surface area contributed by atoms with Crippen molar-refractivity contribution >= 4 is 60.3 Å². The number of nitrogens with one attached hydrogen (secondary N) is 1. The van der Waals surface area contributed by atoms with Crippen LogP contribution >= 0.6 is 43.2 Å². The SMILES string of the molecule is O=C(NCc1ccccc1)c1c(N=Cc2cc(Br)cc(Br)c2O)sc2c1CCCC2. The average Bonchev–Trinajstić information content (AvgIpc) is 3.12. The van der Waals surface area contributed by atoms with Crippen LogP contribution in [0.4, 0.5) is 5.00 Å². The van der Waals surface area contributed by atoms with Crippen LogP contribution in [0.25, 0.3) is 0 Å². The second kappa shape index (κ2) is 9.45. The molecule has 0 bridgehead atoms. The van der Waals surface area contributed by atoms with Crippen molar-refractivity contribution in [3.63, 3.8) is 0 Å². The number of amides is 1. The van der Waals surface area contributed by atoms with Gasteiger partial charge in [-0.3, -0.25) is 4.79 Å². The molecule has 2 N–H and O–H groups in total. The number of hydrogen-bond acceptors (Lipinski definition) is 4. The number of benzene rings is 2. The number of aliphatic imine (C=N–C) groups is 1. The lowest BCUT2D eigenvalue weighted by Gasteiger charge is -2.12. The van der Waals surface area contributed by atoms with E-state index in [2.05, 4.69) is 42.2 Å². The van der Waals surface area contributed by atoms with Crippen LogP contribution in [0.5, 0.6) is 5.75 Å². The van der Waals surface area contributed by atoms with Gasteiger partial charge in [0.1, 0.15) is 10.8 Å². The van der Waals surface area contributed by atoms with E-state index in [1.54, 1.807) is 29.7 Å². The van der Waals surface area contributed by atoms with Crippen LogP contribution in [-0.2, 0) is 19.4 Å². The Kier molecular flexibility index (Phi) is 6.71. The Bertz CT molecular complexity index is 1110. The van der Waals surface area contributed by atoms with Crippen LogP contribution in [-0.4, -0.2) is 17.2 Å². The Hall–Kier alpha value is -1.96. The lowest BCUT2D eigenvalue weighted by Crippen LogP contribution is -2.24.